The minimum atomic E-state index is -4.16. The van der Waals surface area contributed by atoms with E-state index in [1.165, 1.54) is 31.4 Å². The van der Waals surface area contributed by atoms with Gasteiger partial charge < -0.3 is 9.47 Å². The van der Waals surface area contributed by atoms with Crippen LogP contribution < -0.4 is 0 Å². The lowest BCUT2D eigenvalue weighted by Gasteiger charge is -2.32. The monoisotopic (exact) mass is 484 g/mol. The molecule has 2 aromatic rings. The summed E-state index contributed by atoms with van der Waals surface area (Å²) in [5.74, 6) is 0. The second kappa shape index (κ2) is 9.58. The van der Waals surface area contributed by atoms with Crippen LogP contribution in [0.2, 0.25) is 0 Å². The van der Waals surface area contributed by atoms with E-state index < -0.39 is 38.0 Å². The van der Waals surface area contributed by atoms with Gasteiger partial charge in [-0.25, -0.2) is 0 Å². The molecule has 8 nitrogen and oxygen atoms in total. The maximum absolute atomic E-state index is 12.9. The van der Waals surface area contributed by atoms with Gasteiger partial charge in [0.15, 0.2) is 6.29 Å². The Balaban J connectivity index is 1.86. The zero-order chi connectivity index (χ0) is 23.6. The van der Waals surface area contributed by atoms with Crippen molar-refractivity contribution in [3.8, 4) is 0 Å². The molecule has 0 unspecified atom stereocenters. The molecule has 0 radical (unpaired) electrons. The molecule has 1 aliphatic heterocycles. The summed E-state index contributed by atoms with van der Waals surface area (Å²) in [6, 6.07) is 12.5. The molecule has 1 heterocycles. The molecule has 1 aliphatic rings. The first-order valence-corrected chi connectivity index (χ1v) is 12.9. The third kappa shape index (κ3) is 5.22. The summed E-state index contributed by atoms with van der Waals surface area (Å²) in [6.45, 7) is 5.17. The third-order valence-corrected chi connectivity index (χ3v) is 8.26. The molecular weight excluding hydrogens is 456 g/mol. The Labute approximate surface area is 189 Å². The highest BCUT2D eigenvalue weighted by Gasteiger charge is 2.53. The molecule has 1 fully saturated rings. The molecule has 0 saturated carbocycles. The van der Waals surface area contributed by atoms with Crippen LogP contribution in [0.25, 0.3) is 0 Å². The zero-order valence-electron chi connectivity index (χ0n) is 18.5. The summed E-state index contributed by atoms with van der Waals surface area (Å²) < 4.78 is 73.1. The fourth-order valence-corrected chi connectivity index (χ4v) is 5.58. The quantitative estimate of drug-likeness (QED) is 0.500. The molecule has 176 valence electrons. The van der Waals surface area contributed by atoms with Crippen LogP contribution in [0.4, 0.5) is 0 Å². The van der Waals surface area contributed by atoms with E-state index in [0.29, 0.717) is 6.42 Å². The lowest BCUT2D eigenvalue weighted by atomic mass is 9.82. The van der Waals surface area contributed by atoms with Crippen LogP contribution in [-0.4, -0.2) is 49.6 Å². The summed E-state index contributed by atoms with van der Waals surface area (Å²) in [7, 11) is -6.85. The zero-order valence-corrected chi connectivity index (χ0v) is 20.1. The Morgan fingerprint density at radius 1 is 0.906 bits per heavy atom. The van der Waals surface area contributed by atoms with Crippen LogP contribution in [0, 0.1) is 19.3 Å². The molecule has 0 aliphatic carbocycles. The smallest absolute Gasteiger partial charge is 0.297 e. The third-order valence-electron chi connectivity index (χ3n) is 5.67. The molecule has 0 spiro atoms. The number of ether oxygens (including phenoxy) is 2. The van der Waals surface area contributed by atoms with Crippen molar-refractivity contribution in [2.24, 2.45) is 5.41 Å². The highest BCUT2D eigenvalue weighted by Crippen LogP contribution is 2.41. The van der Waals surface area contributed by atoms with E-state index in [0.717, 1.165) is 11.1 Å². The van der Waals surface area contributed by atoms with E-state index in [1.807, 2.05) is 13.8 Å². The molecule has 10 heteroatoms. The molecule has 0 N–H and O–H groups in total. The first-order valence-electron chi connectivity index (χ1n) is 10.1. The van der Waals surface area contributed by atoms with Crippen molar-refractivity contribution in [2.75, 3.05) is 20.3 Å². The largest absolute Gasteiger partial charge is 0.353 e. The Kier molecular flexibility index (Phi) is 7.43. The fraction of sp³-hybridized carbons (Fsp3) is 0.455. The van der Waals surface area contributed by atoms with Crippen LogP contribution in [-0.2, 0) is 38.1 Å². The Hall–Kier alpha value is -1.82. The van der Waals surface area contributed by atoms with Crippen molar-refractivity contribution in [1.82, 2.24) is 0 Å². The highest BCUT2D eigenvalue weighted by molar-refractivity contribution is 7.87. The minimum absolute atomic E-state index is 0.0111. The molecule has 0 aromatic heterocycles. The average Bonchev–Trinajstić information content (AvgIpc) is 3.10. The first-order chi connectivity index (χ1) is 15.0. The van der Waals surface area contributed by atoms with E-state index in [4.69, 9.17) is 17.8 Å². The van der Waals surface area contributed by atoms with Crippen LogP contribution in [0.15, 0.2) is 58.3 Å². The van der Waals surface area contributed by atoms with Crippen molar-refractivity contribution in [3.63, 3.8) is 0 Å². The topological polar surface area (TPSA) is 105 Å². The van der Waals surface area contributed by atoms with Gasteiger partial charge >= 0.3 is 0 Å². The number of benzene rings is 2. The number of aryl methyl sites for hydroxylation is 2. The molecular formula is C22H28O8S2. The fourth-order valence-electron chi connectivity index (χ4n) is 3.44. The lowest BCUT2D eigenvalue weighted by molar-refractivity contribution is -0.128. The second-order valence-corrected chi connectivity index (χ2v) is 11.1. The van der Waals surface area contributed by atoms with Crippen LogP contribution in [0.1, 0.15) is 24.5 Å². The molecule has 0 bridgehead atoms. The normalized spacial score (nSPS) is 24.0. The average molecular weight is 485 g/mol. The maximum Gasteiger partial charge on any atom is 0.297 e. The summed E-state index contributed by atoms with van der Waals surface area (Å²) >= 11 is 0. The van der Waals surface area contributed by atoms with Gasteiger partial charge in [0.25, 0.3) is 20.2 Å². The Bertz CT molecular complexity index is 1130. The van der Waals surface area contributed by atoms with Gasteiger partial charge in [0, 0.05) is 7.11 Å². The van der Waals surface area contributed by atoms with E-state index in [9.17, 15) is 16.8 Å². The molecule has 2 aromatic carbocycles. The van der Waals surface area contributed by atoms with Gasteiger partial charge in [-0.15, -0.1) is 0 Å². The molecule has 3 rings (SSSR count). The predicted octanol–water partition coefficient (Wildman–Crippen LogP) is 3.18. The summed E-state index contributed by atoms with van der Waals surface area (Å²) in [5.41, 5.74) is 0.757. The molecule has 32 heavy (non-hydrogen) atoms. The second-order valence-electron chi connectivity index (χ2n) is 7.94. The van der Waals surface area contributed by atoms with E-state index in [1.54, 1.807) is 31.2 Å². The van der Waals surface area contributed by atoms with Crippen molar-refractivity contribution >= 4 is 20.2 Å². The van der Waals surface area contributed by atoms with Gasteiger partial charge in [-0.05, 0) is 44.5 Å². The van der Waals surface area contributed by atoms with Gasteiger partial charge in [0.05, 0.1) is 28.4 Å². The van der Waals surface area contributed by atoms with Crippen molar-refractivity contribution in [3.05, 3.63) is 59.7 Å². The van der Waals surface area contributed by atoms with E-state index in [-0.39, 0.29) is 23.0 Å². The maximum atomic E-state index is 12.9. The van der Waals surface area contributed by atoms with Crippen LogP contribution in [0.5, 0.6) is 0 Å². The number of hydrogen-bond donors (Lipinski definition) is 0. The number of methoxy groups -OCH3 is 1. The van der Waals surface area contributed by atoms with E-state index in [2.05, 4.69) is 0 Å². The van der Waals surface area contributed by atoms with Gasteiger partial charge in [0.1, 0.15) is 6.10 Å². The molecule has 1 saturated heterocycles. The minimum Gasteiger partial charge on any atom is -0.353 e. The highest BCUT2D eigenvalue weighted by atomic mass is 32.2. The Morgan fingerprint density at radius 3 is 1.88 bits per heavy atom. The standard InChI is InChI=1S/C22H28O8S2/c1-5-22(15-29-31(23,24)18-10-6-16(2)7-11-18)14-28-21(27-4)20(22)30-32(25,26)19-12-8-17(3)9-13-19/h6-13,20-21H,5,14-15H2,1-4H3/t20-,21+,22+/m1/s1. The van der Waals surface area contributed by atoms with Crippen LogP contribution in [0.3, 0.4) is 0 Å². The van der Waals surface area contributed by atoms with Gasteiger partial charge in [-0.1, -0.05) is 42.3 Å². The molecule has 0 amide bonds. The number of hydrogen-bond acceptors (Lipinski definition) is 8. The van der Waals surface area contributed by atoms with Crippen molar-refractivity contribution in [2.45, 2.75) is 49.4 Å². The van der Waals surface area contributed by atoms with Gasteiger partial charge in [-0.2, -0.15) is 16.8 Å². The predicted molar refractivity (Wildman–Crippen MR) is 117 cm³/mol. The van der Waals surface area contributed by atoms with Gasteiger partial charge in [-0.3, -0.25) is 8.37 Å². The van der Waals surface area contributed by atoms with Crippen molar-refractivity contribution < 1.29 is 34.7 Å². The van der Waals surface area contributed by atoms with Crippen LogP contribution >= 0.6 is 0 Å². The lowest BCUT2D eigenvalue weighted by Crippen LogP contribution is -2.44. The summed E-state index contributed by atoms with van der Waals surface area (Å²) in [4.78, 5) is 0.00403. The summed E-state index contributed by atoms with van der Waals surface area (Å²) in [6.07, 6.45) is -1.76. The van der Waals surface area contributed by atoms with E-state index >= 15 is 0 Å². The SMILES string of the molecule is CC[C@@]1(COS(=O)(=O)c2ccc(C)cc2)CO[C@H](OC)[C@H]1OS(=O)(=O)c1ccc(C)cc1. The van der Waals surface area contributed by atoms with Crippen molar-refractivity contribution in [1.29, 1.82) is 0 Å². The molecule has 3 atom stereocenters. The van der Waals surface area contributed by atoms with Gasteiger partial charge in [0.2, 0.25) is 0 Å². The number of rotatable bonds is 9. The Morgan fingerprint density at radius 2 is 1.41 bits per heavy atom. The summed E-state index contributed by atoms with van der Waals surface area (Å²) in [5, 5.41) is 0. The first kappa shape index (κ1) is 24.8.